The Hall–Kier alpha value is -2.73. The zero-order valence-electron chi connectivity index (χ0n) is 18.5. The molecular weight excluding hydrogens is 418 g/mol. The highest BCUT2D eigenvalue weighted by Crippen LogP contribution is 2.32. The molecule has 2 atom stereocenters. The van der Waals surface area contributed by atoms with Gasteiger partial charge in [-0.1, -0.05) is 54.6 Å². The van der Waals surface area contributed by atoms with Crippen molar-refractivity contribution in [3.05, 3.63) is 82.4 Å². The first kappa shape index (κ1) is 22.5. The molecule has 2 unspecified atom stereocenters. The predicted octanol–water partition coefficient (Wildman–Crippen LogP) is 4.30. The van der Waals surface area contributed by atoms with Crippen molar-refractivity contribution in [3.63, 3.8) is 0 Å². The summed E-state index contributed by atoms with van der Waals surface area (Å²) in [7, 11) is 0. The maximum absolute atomic E-state index is 12.8. The van der Waals surface area contributed by atoms with E-state index in [1.165, 1.54) is 22.4 Å². The number of allylic oxidation sites excluding steroid dienone is 1. The Morgan fingerprint density at radius 3 is 2.69 bits per heavy atom. The number of hydrogen-bond acceptors (Lipinski definition) is 4. The number of carbonyl (C=O) groups excluding carboxylic acids is 2. The highest BCUT2D eigenvalue weighted by molar-refractivity contribution is 8.03. The van der Waals surface area contributed by atoms with Gasteiger partial charge in [-0.15, -0.1) is 11.8 Å². The minimum absolute atomic E-state index is 0.0661. The number of hydrogen-bond donors (Lipinski definition) is 2. The van der Waals surface area contributed by atoms with Gasteiger partial charge in [-0.05, 0) is 41.9 Å². The number of rotatable bonds is 8. The fraction of sp³-hybridized carbons (Fsp3) is 0.385. The molecule has 2 aromatic rings. The lowest BCUT2D eigenvalue weighted by Crippen LogP contribution is -2.37. The fourth-order valence-electron chi connectivity index (χ4n) is 4.39. The van der Waals surface area contributed by atoms with E-state index in [9.17, 15) is 9.59 Å². The average molecular weight is 450 g/mol. The molecule has 2 amide bonds. The second-order valence-corrected chi connectivity index (χ2v) is 9.55. The van der Waals surface area contributed by atoms with Crippen molar-refractivity contribution in [3.8, 4) is 0 Å². The van der Waals surface area contributed by atoms with Crippen molar-refractivity contribution in [1.82, 2.24) is 15.5 Å². The van der Waals surface area contributed by atoms with Gasteiger partial charge in [-0.2, -0.15) is 0 Å². The minimum atomic E-state index is -0.0661. The zero-order chi connectivity index (χ0) is 22.3. The summed E-state index contributed by atoms with van der Waals surface area (Å²) in [6.07, 6.45) is 3.37. The van der Waals surface area contributed by atoms with E-state index in [2.05, 4.69) is 59.4 Å². The predicted molar refractivity (Wildman–Crippen MR) is 130 cm³/mol. The van der Waals surface area contributed by atoms with Gasteiger partial charge in [0, 0.05) is 38.0 Å². The third-order valence-electron chi connectivity index (χ3n) is 6.17. The third-order valence-corrected chi connectivity index (χ3v) is 7.20. The van der Waals surface area contributed by atoms with Crippen molar-refractivity contribution >= 4 is 23.6 Å². The van der Waals surface area contributed by atoms with Crippen LogP contribution in [-0.2, 0) is 16.0 Å². The first-order chi connectivity index (χ1) is 15.6. The Morgan fingerprint density at radius 2 is 1.88 bits per heavy atom. The average Bonchev–Trinajstić information content (AvgIpc) is 3.48. The van der Waals surface area contributed by atoms with E-state index in [1.54, 1.807) is 11.8 Å². The first-order valence-corrected chi connectivity index (χ1v) is 12.3. The third kappa shape index (κ3) is 5.74. The molecule has 2 aliphatic heterocycles. The topological polar surface area (TPSA) is 61.4 Å². The van der Waals surface area contributed by atoms with Crippen LogP contribution in [0.3, 0.4) is 0 Å². The van der Waals surface area contributed by atoms with Crippen molar-refractivity contribution < 1.29 is 9.59 Å². The number of carbonyl (C=O) groups is 2. The highest BCUT2D eigenvalue weighted by Gasteiger charge is 2.29. The molecule has 2 heterocycles. The van der Waals surface area contributed by atoms with Gasteiger partial charge in [-0.3, -0.25) is 9.59 Å². The van der Waals surface area contributed by atoms with Crippen molar-refractivity contribution in [2.45, 2.75) is 50.4 Å². The maximum atomic E-state index is 12.8. The van der Waals surface area contributed by atoms with Gasteiger partial charge in [0.1, 0.15) is 0 Å². The van der Waals surface area contributed by atoms with Crippen LogP contribution in [0.2, 0.25) is 0 Å². The van der Waals surface area contributed by atoms with Crippen LogP contribution in [0.5, 0.6) is 0 Å². The van der Waals surface area contributed by atoms with E-state index in [1.807, 2.05) is 23.1 Å². The van der Waals surface area contributed by atoms with Crippen molar-refractivity contribution in [2.24, 2.45) is 0 Å². The summed E-state index contributed by atoms with van der Waals surface area (Å²) in [5, 5.41) is 8.75. The van der Waals surface area contributed by atoms with Gasteiger partial charge >= 0.3 is 0 Å². The van der Waals surface area contributed by atoms with E-state index >= 15 is 0 Å². The van der Waals surface area contributed by atoms with Crippen LogP contribution in [0, 0.1) is 6.92 Å². The molecule has 1 saturated heterocycles. The maximum Gasteiger partial charge on any atom is 0.223 e. The molecule has 6 heteroatoms. The summed E-state index contributed by atoms with van der Waals surface area (Å²) in [5.74, 6) is 0.00520. The van der Waals surface area contributed by atoms with E-state index < -0.39 is 0 Å². The van der Waals surface area contributed by atoms with E-state index in [-0.39, 0.29) is 36.1 Å². The zero-order valence-corrected chi connectivity index (χ0v) is 19.4. The molecule has 32 heavy (non-hydrogen) atoms. The van der Waals surface area contributed by atoms with Gasteiger partial charge in [-0.25, -0.2) is 0 Å². The molecule has 0 radical (unpaired) electrons. The summed E-state index contributed by atoms with van der Waals surface area (Å²) >= 11 is 1.70. The van der Waals surface area contributed by atoms with Crippen LogP contribution in [0.4, 0.5) is 0 Å². The number of nitrogens with one attached hydrogen (secondary N) is 2. The Labute approximate surface area is 194 Å². The normalized spacial score (nSPS) is 20.0. The van der Waals surface area contributed by atoms with E-state index in [4.69, 9.17) is 0 Å². The monoisotopic (exact) mass is 449 g/mol. The molecule has 0 saturated carbocycles. The van der Waals surface area contributed by atoms with E-state index in [0.717, 1.165) is 25.8 Å². The van der Waals surface area contributed by atoms with Gasteiger partial charge in [0.2, 0.25) is 11.8 Å². The number of amides is 2. The Morgan fingerprint density at radius 1 is 1.09 bits per heavy atom. The Kier molecular flexibility index (Phi) is 7.53. The van der Waals surface area contributed by atoms with Crippen LogP contribution in [0.15, 0.2) is 65.7 Å². The van der Waals surface area contributed by atoms with Crippen LogP contribution in [-0.4, -0.2) is 35.2 Å². The molecule has 1 fully saturated rings. The molecule has 4 rings (SSSR count). The largest absolute Gasteiger partial charge is 0.374 e. The van der Waals surface area contributed by atoms with Gasteiger partial charge in [0.15, 0.2) is 0 Å². The minimum Gasteiger partial charge on any atom is -0.374 e. The summed E-state index contributed by atoms with van der Waals surface area (Å²) in [5.41, 5.74) is 4.96. The molecule has 168 valence electrons. The molecule has 0 aromatic heterocycles. The lowest BCUT2D eigenvalue weighted by Gasteiger charge is -2.25. The number of thioether (sulfide) groups is 1. The van der Waals surface area contributed by atoms with Crippen molar-refractivity contribution in [1.29, 1.82) is 0 Å². The number of aryl methyl sites for hydroxylation is 1. The number of benzene rings is 2. The SMILES string of the molecule is Cc1ccccc1CC1=CSC(CNC(=O)CCC(=O)N2CCCC2c2ccccc2)N1. The number of nitrogens with zero attached hydrogens (tertiary/aromatic N) is 1. The smallest absolute Gasteiger partial charge is 0.223 e. The Bertz CT molecular complexity index is 976. The lowest BCUT2D eigenvalue weighted by atomic mass is 10.0. The molecule has 2 N–H and O–H groups in total. The first-order valence-electron chi connectivity index (χ1n) is 11.4. The van der Waals surface area contributed by atoms with Crippen LogP contribution in [0.25, 0.3) is 0 Å². The number of likely N-dealkylation sites (tertiary alicyclic amines) is 1. The molecule has 0 aliphatic carbocycles. The van der Waals surface area contributed by atoms with Crippen LogP contribution in [0.1, 0.15) is 48.4 Å². The molecule has 2 aromatic carbocycles. The lowest BCUT2D eigenvalue weighted by molar-refractivity contribution is -0.134. The Balaban J connectivity index is 1.17. The molecule has 0 bridgehead atoms. The van der Waals surface area contributed by atoms with Gasteiger partial charge in [0.25, 0.3) is 0 Å². The second kappa shape index (κ2) is 10.7. The molecule has 0 spiro atoms. The van der Waals surface area contributed by atoms with E-state index in [0.29, 0.717) is 6.54 Å². The highest BCUT2D eigenvalue weighted by atomic mass is 32.2. The van der Waals surface area contributed by atoms with Crippen LogP contribution < -0.4 is 10.6 Å². The molecule has 2 aliphatic rings. The molecule has 5 nitrogen and oxygen atoms in total. The van der Waals surface area contributed by atoms with Crippen LogP contribution >= 0.6 is 11.8 Å². The fourth-order valence-corrected chi connectivity index (χ4v) is 5.27. The molecular formula is C26H31N3O2S. The summed E-state index contributed by atoms with van der Waals surface area (Å²) < 4.78 is 0. The van der Waals surface area contributed by atoms with Crippen molar-refractivity contribution in [2.75, 3.05) is 13.1 Å². The second-order valence-electron chi connectivity index (χ2n) is 8.48. The summed E-state index contributed by atoms with van der Waals surface area (Å²) in [6, 6.07) is 18.7. The quantitative estimate of drug-likeness (QED) is 0.631. The van der Waals surface area contributed by atoms with Gasteiger partial charge < -0.3 is 15.5 Å². The summed E-state index contributed by atoms with van der Waals surface area (Å²) in [4.78, 5) is 27.1. The standard InChI is InChI=1S/C26H31N3O2S/c1-19-8-5-6-11-21(19)16-22-18-32-25(28-22)17-27-24(30)13-14-26(31)29-15-7-12-23(29)20-9-3-2-4-10-20/h2-6,8-11,18,23,25,28H,7,12-17H2,1H3,(H,27,30). The van der Waals surface area contributed by atoms with Gasteiger partial charge in [0.05, 0.1) is 11.4 Å². The summed E-state index contributed by atoms with van der Waals surface area (Å²) in [6.45, 7) is 3.45.